The average Bonchev–Trinajstić information content (AvgIpc) is 3.42. The molecule has 1 fully saturated rings. The molecule has 0 N–H and O–H groups in total. The molecule has 0 saturated carbocycles. The molecule has 2 aliphatic heterocycles. The second-order valence-corrected chi connectivity index (χ2v) is 11.5. The molecule has 0 spiro atoms. The molecule has 1 saturated heterocycles. The van der Waals surface area contributed by atoms with Crippen LogP contribution in [0.2, 0.25) is 0 Å². The molecule has 0 radical (unpaired) electrons. The molecular weight excluding hydrogens is 416 g/mol. The fraction of sp³-hybridized carbons (Fsp3) is 0.250. The predicted octanol–water partition coefficient (Wildman–Crippen LogP) is 8.41. The Morgan fingerprint density at radius 1 is 0.576 bits per heavy atom. The molecule has 2 aliphatic carbocycles. The maximum Gasteiger partial charge on any atom is 0.0692 e. The normalized spacial score (nSPS) is 25.2. The maximum absolute atomic E-state index is 2.63. The first-order valence-corrected chi connectivity index (χ1v) is 13.1. The molecular formula is C32H28S. The van der Waals surface area contributed by atoms with Gasteiger partial charge < -0.3 is 0 Å². The van der Waals surface area contributed by atoms with Crippen LogP contribution < -0.4 is 0 Å². The molecule has 162 valence electrons. The van der Waals surface area contributed by atoms with Crippen LogP contribution in [0.4, 0.5) is 0 Å². The Bertz CT molecular complexity index is 1370. The lowest BCUT2D eigenvalue weighted by Gasteiger charge is -2.48. The Kier molecular flexibility index (Phi) is 3.96. The Morgan fingerprint density at radius 2 is 1.09 bits per heavy atom. The van der Waals surface area contributed by atoms with Gasteiger partial charge in [-0.15, -0.1) is 11.8 Å². The van der Waals surface area contributed by atoms with Crippen LogP contribution in [0.3, 0.4) is 0 Å². The largest absolute Gasteiger partial charge is 0.129 e. The zero-order chi connectivity index (χ0) is 22.3. The van der Waals surface area contributed by atoms with Crippen LogP contribution in [-0.2, 0) is 14.9 Å². The molecule has 2 bridgehead atoms. The Hall–Kier alpha value is -2.77. The lowest BCUT2D eigenvalue weighted by atomic mass is 9.73. The van der Waals surface area contributed by atoms with Gasteiger partial charge in [-0.05, 0) is 69.8 Å². The van der Waals surface area contributed by atoms with Crippen molar-refractivity contribution in [2.24, 2.45) is 0 Å². The van der Waals surface area contributed by atoms with Gasteiger partial charge in [-0.1, -0.05) is 105 Å². The first-order valence-electron chi connectivity index (χ1n) is 12.3. The number of hydrogen-bond acceptors (Lipinski definition) is 1. The van der Waals surface area contributed by atoms with E-state index in [0.717, 1.165) is 19.3 Å². The highest BCUT2D eigenvalue weighted by molar-refractivity contribution is 8.03. The third-order valence-electron chi connectivity index (χ3n) is 8.81. The summed E-state index contributed by atoms with van der Waals surface area (Å²) in [6.45, 7) is 4.74. The second-order valence-electron chi connectivity index (χ2n) is 9.94. The van der Waals surface area contributed by atoms with Crippen molar-refractivity contribution >= 4 is 11.8 Å². The zero-order valence-corrected chi connectivity index (χ0v) is 20.1. The molecule has 4 aliphatic rings. The van der Waals surface area contributed by atoms with Gasteiger partial charge in [0.2, 0.25) is 0 Å². The third-order valence-corrected chi connectivity index (χ3v) is 10.7. The summed E-state index contributed by atoms with van der Waals surface area (Å²) in [6.07, 6.45) is 3.44. The van der Waals surface area contributed by atoms with Gasteiger partial charge >= 0.3 is 0 Å². The van der Waals surface area contributed by atoms with Crippen molar-refractivity contribution in [2.45, 2.75) is 48.0 Å². The lowest BCUT2D eigenvalue weighted by molar-refractivity contribution is 0.489. The summed E-state index contributed by atoms with van der Waals surface area (Å²) in [6, 6.07) is 36.8. The summed E-state index contributed by atoms with van der Waals surface area (Å²) in [7, 11) is 0. The van der Waals surface area contributed by atoms with Crippen molar-refractivity contribution < 1.29 is 0 Å². The second kappa shape index (κ2) is 6.64. The number of benzene rings is 4. The van der Waals surface area contributed by atoms with E-state index >= 15 is 0 Å². The monoisotopic (exact) mass is 444 g/mol. The fourth-order valence-electron chi connectivity index (χ4n) is 7.17. The van der Waals surface area contributed by atoms with Gasteiger partial charge in [0.1, 0.15) is 0 Å². The van der Waals surface area contributed by atoms with Crippen LogP contribution >= 0.6 is 11.8 Å². The van der Waals surface area contributed by atoms with Crippen LogP contribution in [0.1, 0.15) is 66.5 Å². The van der Waals surface area contributed by atoms with Gasteiger partial charge in [0.25, 0.3) is 0 Å². The van der Waals surface area contributed by atoms with Crippen molar-refractivity contribution in [3.8, 4) is 11.1 Å². The van der Waals surface area contributed by atoms with E-state index in [4.69, 9.17) is 0 Å². The molecule has 33 heavy (non-hydrogen) atoms. The van der Waals surface area contributed by atoms with Gasteiger partial charge in [-0.3, -0.25) is 0 Å². The van der Waals surface area contributed by atoms with E-state index in [2.05, 4.69) is 123 Å². The summed E-state index contributed by atoms with van der Waals surface area (Å²) in [4.78, 5) is 0. The van der Waals surface area contributed by atoms with Crippen LogP contribution in [0, 0.1) is 0 Å². The number of hydrogen-bond donors (Lipinski definition) is 0. The number of thioether (sulfide) groups is 1. The van der Waals surface area contributed by atoms with E-state index in [9.17, 15) is 0 Å². The van der Waals surface area contributed by atoms with Gasteiger partial charge in [0.15, 0.2) is 0 Å². The van der Waals surface area contributed by atoms with Crippen molar-refractivity contribution in [3.63, 3.8) is 0 Å². The minimum Gasteiger partial charge on any atom is -0.129 e. The molecule has 2 heterocycles. The molecule has 4 aromatic rings. The standard InChI is InChI=1S/C32H28S/c1-3-30(4-2)26-18-12-11-17-24(26)25-19-28-29(20-27(25)30)32(23-15-9-6-10-16-23)21-31(28,33-32)22-13-7-5-8-14-22/h5-20H,3-4,21H2,1-2H3. The highest BCUT2D eigenvalue weighted by Crippen LogP contribution is 2.78. The van der Waals surface area contributed by atoms with Crippen LogP contribution in [-0.4, -0.2) is 0 Å². The molecule has 4 aromatic carbocycles. The summed E-state index contributed by atoms with van der Waals surface area (Å²) in [5.74, 6) is 0. The molecule has 0 amide bonds. The Morgan fingerprint density at radius 3 is 1.67 bits per heavy atom. The van der Waals surface area contributed by atoms with Gasteiger partial charge in [0.05, 0.1) is 9.49 Å². The first kappa shape index (κ1) is 19.7. The topological polar surface area (TPSA) is 0 Å². The van der Waals surface area contributed by atoms with Gasteiger partial charge in [-0.25, -0.2) is 0 Å². The smallest absolute Gasteiger partial charge is 0.0692 e. The Balaban J connectivity index is 1.54. The molecule has 0 aromatic heterocycles. The number of rotatable bonds is 4. The molecule has 1 heteroatoms. The molecule has 0 nitrogen and oxygen atoms in total. The van der Waals surface area contributed by atoms with E-state index in [1.165, 1.54) is 27.8 Å². The zero-order valence-electron chi connectivity index (χ0n) is 19.3. The number of fused-ring (bicyclic) bond motifs is 3. The molecule has 2 atom stereocenters. The maximum atomic E-state index is 2.63. The molecule has 8 rings (SSSR count). The van der Waals surface area contributed by atoms with Gasteiger partial charge in [0, 0.05) is 5.41 Å². The molecule has 2 unspecified atom stereocenters. The van der Waals surface area contributed by atoms with Crippen molar-refractivity contribution in [2.75, 3.05) is 0 Å². The van der Waals surface area contributed by atoms with Crippen LogP contribution in [0.25, 0.3) is 11.1 Å². The lowest BCUT2D eigenvalue weighted by Crippen LogP contribution is -2.39. The van der Waals surface area contributed by atoms with E-state index in [0.29, 0.717) is 0 Å². The van der Waals surface area contributed by atoms with Crippen molar-refractivity contribution in [3.05, 3.63) is 130 Å². The van der Waals surface area contributed by atoms with Crippen LogP contribution in [0.15, 0.2) is 97.1 Å². The minimum absolute atomic E-state index is 0.0556. The van der Waals surface area contributed by atoms with E-state index in [1.807, 2.05) is 0 Å². The quantitative estimate of drug-likeness (QED) is 0.304. The summed E-state index contributed by atoms with van der Waals surface area (Å²) in [5, 5.41) is 0. The van der Waals surface area contributed by atoms with Crippen LogP contribution in [0.5, 0.6) is 0 Å². The summed E-state index contributed by atoms with van der Waals surface area (Å²) in [5.41, 5.74) is 12.1. The first-order chi connectivity index (χ1) is 16.2. The van der Waals surface area contributed by atoms with E-state index < -0.39 is 0 Å². The average molecular weight is 445 g/mol. The van der Waals surface area contributed by atoms with E-state index in [-0.39, 0.29) is 14.9 Å². The van der Waals surface area contributed by atoms with Crippen molar-refractivity contribution in [1.82, 2.24) is 0 Å². The summed E-state index contributed by atoms with van der Waals surface area (Å²) < 4.78 is 0.115. The van der Waals surface area contributed by atoms with Crippen molar-refractivity contribution in [1.29, 1.82) is 0 Å². The summed E-state index contributed by atoms with van der Waals surface area (Å²) >= 11 is 2.17. The fourth-order valence-corrected chi connectivity index (χ4v) is 9.16. The van der Waals surface area contributed by atoms with Gasteiger partial charge in [-0.2, -0.15) is 0 Å². The third kappa shape index (κ3) is 2.25. The predicted molar refractivity (Wildman–Crippen MR) is 140 cm³/mol. The minimum atomic E-state index is 0.0556. The van der Waals surface area contributed by atoms with E-state index in [1.54, 1.807) is 16.7 Å². The highest BCUT2D eigenvalue weighted by Gasteiger charge is 2.67. The SMILES string of the molecule is CCC1(CC)c2ccccc2-c2cc3c(cc21)C1(c2ccccc2)CC3(c2ccccc2)S1. The Labute approximate surface area is 201 Å². The highest BCUT2D eigenvalue weighted by atomic mass is 32.2.